The van der Waals surface area contributed by atoms with Gasteiger partial charge in [0.25, 0.3) is 0 Å². The lowest BCUT2D eigenvalue weighted by molar-refractivity contribution is -0.126. The van der Waals surface area contributed by atoms with Gasteiger partial charge in [-0.3, -0.25) is 4.79 Å². The molecule has 1 saturated heterocycles. The molecule has 1 fully saturated rings. The summed E-state index contributed by atoms with van der Waals surface area (Å²) in [6.07, 6.45) is 1.80. The fraction of sp³-hybridized carbons (Fsp3) is 0.545. The number of likely N-dealkylation sites (tertiary alicyclic amines) is 1. The van der Waals surface area contributed by atoms with Crippen LogP contribution in [-0.2, 0) is 23.0 Å². The van der Waals surface area contributed by atoms with E-state index in [2.05, 4.69) is 15.5 Å². The Hall–Kier alpha value is -2.90. The first-order valence-corrected chi connectivity index (χ1v) is 10.4. The highest BCUT2D eigenvalue weighted by atomic mass is 16.6. The molecule has 1 atom stereocenters. The lowest BCUT2D eigenvalue weighted by Crippen LogP contribution is -2.47. The van der Waals surface area contributed by atoms with E-state index in [0.717, 1.165) is 30.1 Å². The van der Waals surface area contributed by atoms with E-state index in [1.807, 2.05) is 62.7 Å². The Morgan fingerprint density at radius 2 is 1.93 bits per heavy atom. The highest BCUT2D eigenvalue weighted by Crippen LogP contribution is 2.20. The lowest BCUT2D eigenvalue weighted by Gasteiger charge is -2.33. The summed E-state index contributed by atoms with van der Waals surface area (Å²) in [7, 11) is 1.93. The number of hydrogen-bond donors (Lipinski definition) is 1. The number of hydrogen-bond acceptors (Lipinski definition) is 5. The minimum Gasteiger partial charge on any atom is -0.444 e. The summed E-state index contributed by atoms with van der Waals surface area (Å²) in [5.41, 5.74) is 0.466. The van der Waals surface area contributed by atoms with Gasteiger partial charge in [0, 0.05) is 38.7 Å². The van der Waals surface area contributed by atoms with Crippen LogP contribution in [0.4, 0.5) is 4.79 Å². The second kappa shape index (κ2) is 9.28. The third-order valence-electron chi connectivity index (χ3n) is 5.09. The van der Waals surface area contributed by atoms with Crippen LogP contribution in [0, 0.1) is 5.92 Å². The molecule has 0 spiro atoms. The Morgan fingerprint density at radius 3 is 2.63 bits per heavy atom. The summed E-state index contributed by atoms with van der Waals surface area (Å²) in [5.74, 6) is 1.37. The van der Waals surface area contributed by atoms with Gasteiger partial charge in [-0.05, 0) is 33.6 Å². The van der Waals surface area contributed by atoms with Crippen molar-refractivity contribution in [2.45, 2.75) is 45.6 Å². The first-order valence-electron chi connectivity index (χ1n) is 10.4. The van der Waals surface area contributed by atoms with Crippen molar-refractivity contribution in [2.24, 2.45) is 13.0 Å². The van der Waals surface area contributed by atoms with E-state index in [1.54, 1.807) is 4.90 Å². The molecule has 2 amide bonds. The molecular formula is C22H31N5O3. The fourth-order valence-corrected chi connectivity index (χ4v) is 3.54. The maximum absolute atomic E-state index is 12.6. The Labute approximate surface area is 177 Å². The molecule has 1 aliphatic rings. The zero-order chi connectivity index (χ0) is 21.7. The molecule has 0 bridgehead atoms. The van der Waals surface area contributed by atoms with Crippen molar-refractivity contribution in [1.82, 2.24) is 25.0 Å². The smallest absolute Gasteiger partial charge is 0.410 e. The van der Waals surface area contributed by atoms with E-state index in [-0.39, 0.29) is 17.9 Å². The molecule has 0 aliphatic carbocycles. The molecule has 2 heterocycles. The monoisotopic (exact) mass is 413 g/mol. The molecule has 3 rings (SSSR count). The molecule has 8 heteroatoms. The molecule has 0 radical (unpaired) electrons. The topological polar surface area (TPSA) is 89.4 Å². The van der Waals surface area contributed by atoms with E-state index in [1.165, 1.54) is 0 Å². The molecule has 1 N–H and O–H groups in total. The molecule has 0 saturated carbocycles. The van der Waals surface area contributed by atoms with Gasteiger partial charge in [0.1, 0.15) is 11.4 Å². The van der Waals surface area contributed by atoms with Crippen LogP contribution >= 0.6 is 0 Å². The number of nitrogens with zero attached hydrogens (tertiary/aromatic N) is 4. The van der Waals surface area contributed by atoms with Crippen LogP contribution in [0.3, 0.4) is 0 Å². The van der Waals surface area contributed by atoms with Crippen LogP contribution in [-0.4, -0.2) is 56.9 Å². The van der Waals surface area contributed by atoms with E-state index >= 15 is 0 Å². The highest BCUT2D eigenvalue weighted by molar-refractivity contribution is 5.80. The Kier molecular flexibility index (Phi) is 6.74. The fourth-order valence-electron chi connectivity index (χ4n) is 3.54. The van der Waals surface area contributed by atoms with Crippen LogP contribution in [0.1, 0.15) is 39.4 Å². The molecule has 1 aromatic heterocycles. The number of nitrogens with one attached hydrogen (secondary N) is 1. The number of carbonyl (C=O) groups is 2. The van der Waals surface area contributed by atoms with E-state index in [0.29, 0.717) is 26.1 Å². The SMILES string of the molecule is Cn1c(CCNC(=O)[C@H]2CCCN(C(=O)OC(C)(C)C)C2)nnc1-c1ccccc1. The standard InChI is InChI=1S/C22H31N5O3/c1-22(2,3)30-21(29)27-14-8-11-17(15-27)20(28)23-13-12-18-24-25-19(26(18)4)16-9-6-5-7-10-16/h5-7,9-10,17H,8,11-15H2,1-4H3,(H,23,28)/t17-/m0/s1. The van der Waals surface area contributed by atoms with Gasteiger partial charge in [0.2, 0.25) is 5.91 Å². The van der Waals surface area contributed by atoms with Crippen LogP contribution in [0.2, 0.25) is 0 Å². The van der Waals surface area contributed by atoms with E-state index in [9.17, 15) is 9.59 Å². The molecule has 30 heavy (non-hydrogen) atoms. The number of piperidine rings is 1. The van der Waals surface area contributed by atoms with Crippen LogP contribution in [0.25, 0.3) is 11.4 Å². The van der Waals surface area contributed by atoms with Crippen LogP contribution in [0.15, 0.2) is 30.3 Å². The third-order valence-corrected chi connectivity index (χ3v) is 5.09. The molecular weight excluding hydrogens is 382 g/mol. The molecule has 1 aliphatic heterocycles. The van der Waals surface area contributed by atoms with Gasteiger partial charge in [-0.15, -0.1) is 10.2 Å². The van der Waals surface area contributed by atoms with Gasteiger partial charge in [-0.1, -0.05) is 30.3 Å². The van der Waals surface area contributed by atoms with Crippen molar-refractivity contribution in [2.75, 3.05) is 19.6 Å². The largest absolute Gasteiger partial charge is 0.444 e. The minimum absolute atomic E-state index is 0.0336. The van der Waals surface area contributed by atoms with E-state index in [4.69, 9.17) is 4.74 Å². The quantitative estimate of drug-likeness (QED) is 0.814. The zero-order valence-electron chi connectivity index (χ0n) is 18.2. The third kappa shape index (κ3) is 5.58. The minimum atomic E-state index is -0.541. The van der Waals surface area contributed by atoms with Crippen LogP contribution in [0.5, 0.6) is 0 Å². The molecule has 0 unspecified atom stereocenters. The summed E-state index contributed by atoms with van der Waals surface area (Å²) in [4.78, 5) is 26.5. The highest BCUT2D eigenvalue weighted by Gasteiger charge is 2.30. The number of amides is 2. The Balaban J connectivity index is 1.50. The van der Waals surface area contributed by atoms with Gasteiger partial charge >= 0.3 is 6.09 Å². The van der Waals surface area contributed by atoms with Crippen molar-refractivity contribution in [1.29, 1.82) is 0 Å². The van der Waals surface area contributed by atoms with Crippen molar-refractivity contribution >= 4 is 12.0 Å². The summed E-state index contributed by atoms with van der Waals surface area (Å²) in [6.45, 7) is 7.02. The second-order valence-corrected chi connectivity index (χ2v) is 8.67. The lowest BCUT2D eigenvalue weighted by atomic mass is 9.97. The summed E-state index contributed by atoms with van der Waals surface area (Å²) in [5, 5.41) is 11.5. The van der Waals surface area contributed by atoms with Crippen molar-refractivity contribution in [3.05, 3.63) is 36.2 Å². The molecule has 1 aromatic carbocycles. The summed E-state index contributed by atoms with van der Waals surface area (Å²) in [6, 6.07) is 9.89. The van der Waals surface area contributed by atoms with Crippen molar-refractivity contribution in [3.63, 3.8) is 0 Å². The first kappa shape index (κ1) is 21.8. The predicted molar refractivity (Wildman–Crippen MR) is 114 cm³/mol. The Morgan fingerprint density at radius 1 is 1.20 bits per heavy atom. The number of benzene rings is 1. The van der Waals surface area contributed by atoms with Gasteiger partial charge in [-0.2, -0.15) is 0 Å². The first-order chi connectivity index (χ1) is 14.2. The van der Waals surface area contributed by atoms with Gasteiger partial charge < -0.3 is 19.5 Å². The number of ether oxygens (including phenoxy) is 1. The number of carbonyl (C=O) groups excluding carboxylic acids is 2. The molecule has 8 nitrogen and oxygen atoms in total. The average Bonchev–Trinajstić information content (AvgIpc) is 3.08. The maximum Gasteiger partial charge on any atom is 0.410 e. The summed E-state index contributed by atoms with van der Waals surface area (Å²) < 4.78 is 7.38. The maximum atomic E-state index is 12.6. The van der Waals surface area contributed by atoms with Crippen molar-refractivity contribution in [3.8, 4) is 11.4 Å². The van der Waals surface area contributed by atoms with Crippen LogP contribution < -0.4 is 5.32 Å². The molecule has 2 aromatic rings. The van der Waals surface area contributed by atoms with Gasteiger partial charge in [0.05, 0.1) is 5.92 Å². The summed E-state index contributed by atoms with van der Waals surface area (Å²) >= 11 is 0. The second-order valence-electron chi connectivity index (χ2n) is 8.67. The van der Waals surface area contributed by atoms with Crippen molar-refractivity contribution < 1.29 is 14.3 Å². The molecule has 162 valence electrons. The predicted octanol–water partition coefficient (Wildman–Crippen LogP) is 2.79. The number of rotatable bonds is 5. The van der Waals surface area contributed by atoms with E-state index < -0.39 is 5.60 Å². The van der Waals surface area contributed by atoms with Gasteiger partial charge in [-0.25, -0.2) is 4.79 Å². The Bertz CT molecular complexity index is 873. The van der Waals surface area contributed by atoms with Gasteiger partial charge in [0.15, 0.2) is 5.82 Å². The zero-order valence-corrected chi connectivity index (χ0v) is 18.2. The number of aromatic nitrogens is 3. The normalized spacial score (nSPS) is 16.9. The average molecular weight is 414 g/mol.